The van der Waals surface area contributed by atoms with Gasteiger partial charge in [-0.1, -0.05) is 0 Å². The van der Waals surface area contributed by atoms with Gasteiger partial charge in [0.25, 0.3) is 0 Å². The number of aromatic nitrogens is 1. The summed E-state index contributed by atoms with van der Waals surface area (Å²) in [5.41, 5.74) is 1.70. The van der Waals surface area contributed by atoms with Crippen molar-refractivity contribution in [2.75, 3.05) is 0 Å². The lowest BCUT2D eigenvalue weighted by molar-refractivity contribution is 0.285. The Bertz CT molecular complexity index is 131. The van der Waals surface area contributed by atoms with Gasteiger partial charge in [-0.2, -0.15) is 0 Å². The predicted octanol–water partition coefficient (Wildman–Crippen LogP) is 1.06. The van der Waals surface area contributed by atoms with Crippen LogP contribution in [0.3, 0.4) is 0 Å². The van der Waals surface area contributed by atoms with Crippen molar-refractivity contribution in [3.8, 4) is 0 Å². The molecule has 0 spiro atoms. The van der Waals surface area contributed by atoms with E-state index in [0.29, 0.717) is 0 Å². The first-order valence-electron chi connectivity index (χ1n) is 1.91. The number of hydrogen-bond acceptors (Lipinski definition) is 3. The van der Waals surface area contributed by atoms with E-state index < -0.39 is 0 Å². The third-order valence-electron chi connectivity index (χ3n) is 0.639. The van der Waals surface area contributed by atoms with Crippen molar-refractivity contribution < 1.29 is 5.11 Å². The van der Waals surface area contributed by atoms with E-state index in [0.717, 1.165) is 4.88 Å². The average Bonchev–Trinajstić information content (AvgIpc) is 2.14. The number of nitrogens with zero attached hydrogens (tertiary/aromatic N) is 1. The molecule has 1 aromatic heterocycles. The van der Waals surface area contributed by atoms with Gasteiger partial charge in [0.2, 0.25) is 0 Å². The normalized spacial score (nSPS) is 8.12. The lowest BCUT2D eigenvalue weighted by atomic mass is 10.6. The Labute approximate surface area is 57.6 Å². The van der Waals surface area contributed by atoms with Gasteiger partial charge in [-0.15, -0.1) is 23.7 Å². The smallest absolute Gasteiger partial charge is 0.0795 e. The van der Waals surface area contributed by atoms with Crippen LogP contribution in [-0.4, -0.2) is 10.1 Å². The zero-order valence-corrected chi connectivity index (χ0v) is 5.71. The van der Waals surface area contributed by atoms with E-state index >= 15 is 0 Å². The van der Waals surface area contributed by atoms with Crippen molar-refractivity contribution >= 4 is 23.7 Å². The molecule has 0 aromatic carbocycles. The van der Waals surface area contributed by atoms with Gasteiger partial charge in [0.1, 0.15) is 0 Å². The van der Waals surface area contributed by atoms with E-state index in [9.17, 15) is 0 Å². The van der Waals surface area contributed by atoms with Crippen LogP contribution >= 0.6 is 23.7 Å². The van der Waals surface area contributed by atoms with Gasteiger partial charge in [-0.05, 0) is 0 Å². The Hall–Kier alpha value is -0.120. The van der Waals surface area contributed by atoms with Crippen LogP contribution in [0.25, 0.3) is 0 Å². The van der Waals surface area contributed by atoms with Crippen LogP contribution in [0.2, 0.25) is 0 Å². The van der Waals surface area contributed by atoms with E-state index in [-0.39, 0.29) is 19.0 Å². The SMILES string of the molecule is Cl.OCc1cncs1. The average molecular weight is 152 g/mol. The van der Waals surface area contributed by atoms with Gasteiger partial charge < -0.3 is 5.11 Å². The molecule has 1 N–H and O–H groups in total. The van der Waals surface area contributed by atoms with Gasteiger partial charge in [0, 0.05) is 11.1 Å². The number of hydrogen-bond donors (Lipinski definition) is 1. The van der Waals surface area contributed by atoms with E-state index in [1.807, 2.05) is 0 Å². The zero-order valence-electron chi connectivity index (χ0n) is 4.07. The molecule has 0 bridgehead atoms. The molecule has 0 saturated carbocycles. The Morgan fingerprint density at radius 3 is 2.75 bits per heavy atom. The second kappa shape index (κ2) is 3.83. The highest BCUT2D eigenvalue weighted by molar-refractivity contribution is 7.09. The largest absolute Gasteiger partial charge is 0.391 e. The Kier molecular flexibility index (Phi) is 3.77. The van der Waals surface area contributed by atoms with Crippen LogP contribution in [0, 0.1) is 0 Å². The van der Waals surface area contributed by atoms with Gasteiger partial charge in [-0.3, -0.25) is 4.98 Å². The highest BCUT2D eigenvalue weighted by Gasteiger charge is 1.85. The van der Waals surface area contributed by atoms with Gasteiger partial charge in [-0.25, -0.2) is 0 Å². The van der Waals surface area contributed by atoms with Crippen LogP contribution in [0.5, 0.6) is 0 Å². The minimum atomic E-state index is 0. The summed E-state index contributed by atoms with van der Waals surface area (Å²) in [4.78, 5) is 4.67. The van der Waals surface area contributed by atoms with Crippen molar-refractivity contribution in [2.24, 2.45) is 0 Å². The molecule has 1 heterocycles. The number of aliphatic hydroxyl groups is 1. The molecule has 1 rings (SSSR count). The number of thiazole rings is 1. The molecule has 0 atom stereocenters. The molecule has 4 heteroatoms. The van der Waals surface area contributed by atoms with Gasteiger partial charge in [0.15, 0.2) is 0 Å². The molecule has 2 nitrogen and oxygen atoms in total. The van der Waals surface area contributed by atoms with E-state index in [4.69, 9.17) is 5.11 Å². The zero-order chi connectivity index (χ0) is 5.11. The second-order valence-corrected chi connectivity index (χ2v) is 2.10. The summed E-state index contributed by atoms with van der Waals surface area (Å²) in [5.74, 6) is 0. The molecule has 0 aliphatic carbocycles. The standard InChI is InChI=1S/C4H5NOS.ClH/c6-2-4-1-5-3-7-4;/h1,3,6H,2H2;1H. The molecule has 0 amide bonds. The lowest BCUT2D eigenvalue weighted by Crippen LogP contribution is -1.70. The molecule has 8 heavy (non-hydrogen) atoms. The molecule has 1 aromatic rings. The summed E-state index contributed by atoms with van der Waals surface area (Å²) in [6, 6.07) is 0. The van der Waals surface area contributed by atoms with E-state index in [2.05, 4.69) is 4.98 Å². The maximum atomic E-state index is 8.40. The lowest BCUT2D eigenvalue weighted by Gasteiger charge is -1.76. The topological polar surface area (TPSA) is 33.1 Å². The van der Waals surface area contributed by atoms with E-state index in [1.54, 1.807) is 11.7 Å². The van der Waals surface area contributed by atoms with Crippen molar-refractivity contribution in [3.05, 3.63) is 16.6 Å². The second-order valence-electron chi connectivity index (χ2n) is 1.13. The molecule has 0 aliphatic rings. The highest BCUT2D eigenvalue weighted by atomic mass is 35.5. The summed E-state index contributed by atoms with van der Waals surface area (Å²) in [5, 5.41) is 8.40. The van der Waals surface area contributed by atoms with Crippen molar-refractivity contribution in [3.63, 3.8) is 0 Å². The number of rotatable bonds is 1. The predicted molar refractivity (Wildman–Crippen MR) is 35.3 cm³/mol. The van der Waals surface area contributed by atoms with Crippen LogP contribution in [0.15, 0.2) is 11.7 Å². The first-order chi connectivity index (χ1) is 3.43. The summed E-state index contributed by atoms with van der Waals surface area (Å²) >= 11 is 1.46. The van der Waals surface area contributed by atoms with E-state index in [1.165, 1.54) is 11.3 Å². The summed E-state index contributed by atoms with van der Waals surface area (Å²) < 4.78 is 0. The highest BCUT2D eigenvalue weighted by Crippen LogP contribution is 2.02. The fraction of sp³-hybridized carbons (Fsp3) is 0.250. The van der Waals surface area contributed by atoms with Crippen LogP contribution in [0.4, 0.5) is 0 Å². The quantitative estimate of drug-likeness (QED) is 0.651. The van der Waals surface area contributed by atoms with Crippen LogP contribution in [-0.2, 0) is 6.61 Å². The maximum Gasteiger partial charge on any atom is 0.0795 e. The molecule has 46 valence electrons. The fourth-order valence-electron chi connectivity index (χ4n) is 0.320. The first-order valence-corrected chi connectivity index (χ1v) is 2.79. The van der Waals surface area contributed by atoms with Crippen molar-refractivity contribution in [1.29, 1.82) is 0 Å². The third kappa shape index (κ3) is 1.78. The number of aliphatic hydroxyl groups excluding tert-OH is 1. The van der Waals surface area contributed by atoms with Gasteiger partial charge >= 0.3 is 0 Å². The van der Waals surface area contributed by atoms with Crippen molar-refractivity contribution in [2.45, 2.75) is 6.61 Å². The molecular weight excluding hydrogens is 146 g/mol. The molecule has 0 aliphatic heterocycles. The van der Waals surface area contributed by atoms with Crippen LogP contribution in [0.1, 0.15) is 4.88 Å². The first kappa shape index (κ1) is 7.88. The van der Waals surface area contributed by atoms with Gasteiger partial charge in [0.05, 0.1) is 12.1 Å². The molecular formula is C4H6ClNOS. The Balaban J connectivity index is 0.000000490. The third-order valence-corrected chi connectivity index (χ3v) is 1.40. The molecule has 0 unspecified atom stereocenters. The van der Waals surface area contributed by atoms with Crippen LogP contribution < -0.4 is 0 Å². The number of halogens is 1. The minimum absolute atomic E-state index is 0. The monoisotopic (exact) mass is 151 g/mol. The minimum Gasteiger partial charge on any atom is -0.391 e. The Morgan fingerprint density at radius 2 is 2.50 bits per heavy atom. The summed E-state index contributed by atoms with van der Waals surface area (Å²) in [6.45, 7) is 0.116. The Morgan fingerprint density at radius 1 is 1.75 bits per heavy atom. The van der Waals surface area contributed by atoms with Crippen molar-refractivity contribution in [1.82, 2.24) is 4.98 Å². The molecule has 0 fully saturated rings. The molecule has 0 saturated heterocycles. The fourth-order valence-corrected chi connectivity index (χ4v) is 0.774. The molecule has 0 radical (unpaired) electrons. The summed E-state index contributed by atoms with van der Waals surface area (Å²) in [6.07, 6.45) is 1.66. The summed E-state index contributed by atoms with van der Waals surface area (Å²) in [7, 11) is 0. The maximum absolute atomic E-state index is 8.40.